The molecule has 2 aromatic carbocycles. The molecule has 0 fully saturated rings. The third kappa shape index (κ3) is 2.85. The molecule has 0 aliphatic rings. The first kappa shape index (κ1) is 13.8. The fraction of sp³-hybridized carbons (Fsp3) is 0.250. The van der Waals surface area contributed by atoms with Gasteiger partial charge in [0.25, 0.3) is 0 Å². The number of benzene rings is 2. The van der Waals surface area contributed by atoms with Crippen LogP contribution in [0.3, 0.4) is 0 Å². The van der Waals surface area contributed by atoms with E-state index < -0.39 is 0 Å². The Kier molecular flexibility index (Phi) is 4.01. The smallest absolute Gasteiger partial charge is 0.0511 e. The van der Waals surface area contributed by atoms with Crippen LogP contribution in [0.1, 0.15) is 24.1 Å². The van der Waals surface area contributed by atoms with Gasteiger partial charge in [-0.2, -0.15) is 0 Å². The molecule has 2 nitrogen and oxygen atoms in total. The van der Waals surface area contributed by atoms with Gasteiger partial charge in [-0.1, -0.05) is 29.8 Å². The van der Waals surface area contributed by atoms with Crippen LogP contribution < -0.4 is 10.6 Å². The maximum Gasteiger partial charge on any atom is 0.0511 e. The third-order valence-corrected chi connectivity index (χ3v) is 3.91. The second-order valence-electron chi connectivity index (χ2n) is 4.83. The standard InChI is InChI=1S/C16H19ClN2/c1-11-15(18)5-4-6-16(11)19(3)12(2)13-7-9-14(17)10-8-13/h4-10,12H,18H2,1-3H3. The highest BCUT2D eigenvalue weighted by molar-refractivity contribution is 6.30. The van der Waals surface area contributed by atoms with E-state index in [1.54, 1.807) is 0 Å². The fourth-order valence-corrected chi connectivity index (χ4v) is 2.32. The summed E-state index contributed by atoms with van der Waals surface area (Å²) in [5.41, 5.74) is 10.3. The van der Waals surface area contributed by atoms with Crippen molar-refractivity contribution in [1.29, 1.82) is 0 Å². The van der Waals surface area contributed by atoms with Crippen molar-refractivity contribution in [3.8, 4) is 0 Å². The number of nitrogens with zero attached hydrogens (tertiary/aromatic N) is 1. The predicted octanol–water partition coefficient (Wildman–Crippen LogP) is 4.43. The number of hydrogen-bond donors (Lipinski definition) is 1. The van der Waals surface area contributed by atoms with Crippen LogP contribution in [-0.4, -0.2) is 7.05 Å². The molecule has 100 valence electrons. The van der Waals surface area contributed by atoms with E-state index in [-0.39, 0.29) is 6.04 Å². The van der Waals surface area contributed by atoms with E-state index in [1.165, 1.54) is 5.56 Å². The molecule has 1 unspecified atom stereocenters. The molecule has 1 atom stereocenters. The highest BCUT2D eigenvalue weighted by atomic mass is 35.5. The molecule has 0 bridgehead atoms. The van der Waals surface area contributed by atoms with Crippen LogP contribution in [0.2, 0.25) is 5.02 Å². The minimum absolute atomic E-state index is 0.262. The van der Waals surface area contributed by atoms with Gasteiger partial charge < -0.3 is 10.6 Å². The van der Waals surface area contributed by atoms with Gasteiger partial charge in [0.1, 0.15) is 0 Å². The van der Waals surface area contributed by atoms with Crippen LogP contribution in [0.5, 0.6) is 0 Å². The summed E-state index contributed by atoms with van der Waals surface area (Å²) in [6.45, 7) is 4.22. The summed E-state index contributed by atoms with van der Waals surface area (Å²) >= 11 is 5.93. The average molecular weight is 275 g/mol. The highest BCUT2D eigenvalue weighted by Crippen LogP contribution is 2.30. The summed E-state index contributed by atoms with van der Waals surface area (Å²) in [6, 6.07) is 14.2. The topological polar surface area (TPSA) is 29.3 Å². The summed E-state index contributed by atoms with van der Waals surface area (Å²) < 4.78 is 0. The summed E-state index contributed by atoms with van der Waals surface area (Å²) in [6.07, 6.45) is 0. The molecule has 0 aliphatic heterocycles. The van der Waals surface area contributed by atoms with Gasteiger partial charge in [-0.15, -0.1) is 0 Å². The zero-order valence-corrected chi connectivity index (χ0v) is 12.3. The first-order valence-corrected chi connectivity index (χ1v) is 6.72. The first-order valence-electron chi connectivity index (χ1n) is 6.34. The second kappa shape index (κ2) is 5.54. The van der Waals surface area contributed by atoms with Crippen molar-refractivity contribution in [3.05, 3.63) is 58.6 Å². The van der Waals surface area contributed by atoms with E-state index in [0.717, 1.165) is 22.0 Å². The number of hydrogen-bond acceptors (Lipinski definition) is 2. The van der Waals surface area contributed by atoms with Gasteiger partial charge in [0.15, 0.2) is 0 Å². The van der Waals surface area contributed by atoms with Gasteiger partial charge in [-0.3, -0.25) is 0 Å². The van der Waals surface area contributed by atoms with Crippen LogP contribution in [0.4, 0.5) is 11.4 Å². The molecule has 0 radical (unpaired) electrons. The Labute approximate surface area is 119 Å². The predicted molar refractivity (Wildman–Crippen MR) is 83.9 cm³/mol. The zero-order valence-electron chi connectivity index (χ0n) is 11.5. The Morgan fingerprint density at radius 3 is 2.37 bits per heavy atom. The van der Waals surface area contributed by atoms with Gasteiger partial charge in [0.05, 0.1) is 6.04 Å². The number of rotatable bonds is 3. The Hall–Kier alpha value is -1.67. The highest BCUT2D eigenvalue weighted by Gasteiger charge is 2.14. The maximum absolute atomic E-state index is 5.97. The third-order valence-electron chi connectivity index (χ3n) is 3.66. The van der Waals surface area contributed by atoms with Crippen molar-refractivity contribution >= 4 is 23.0 Å². The molecule has 0 aliphatic carbocycles. The normalized spacial score (nSPS) is 12.2. The Morgan fingerprint density at radius 2 is 1.74 bits per heavy atom. The lowest BCUT2D eigenvalue weighted by molar-refractivity contribution is 0.738. The van der Waals surface area contributed by atoms with Crippen LogP contribution >= 0.6 is 11.6 Å². The summed E-state index contributed by atoms with van der Waals surface area (Å²) in [5, 5.41) is 0.763. The molecule has 2 N–H and O–H groups in total. The largest absolute Gasteiger partial charge is 0.398 e. The van der Waals surface area contributed by atoms with Gasteiger partial charge >= 0.3 is 0 Å². The van der Waals surface area contributed by atoms with Crippen molar-refractivity contribution in [2.75, 3.05) is 17.7 Å². The molecule has 0 saturated carbocycles. The molecule has 0 saturated heterocycles. The SMILES string of the molecule is Cc1c(N)cccc1N(C)C(C)c1ccc(Cl)cc1. The number of nitrogens with two attached hydrogens (primary N) is 1. The van der Waals surface area contributed by atoms with E-state index in [1.807, 2.05) is 24.3 Å². The lowest BCUT2D eigenvalue weighted by Gasteiger charge is -2.29. The lowest BCUT2D eigenvalue weighted by atomic mass is 10.0. The molecule has 2 rings (SSSR count). The second-order valence-corrected chi connectivity index (χ2v) is 5.27. The number of halogens is 1. The van der Waals surface area contributed by atoms with Crippen LogP contribution in [0, 0.1) is 6.92 Å². The van der Waals surface area contributed by atoms with E-state index in [0.29, 0.717) is 0 Å². The minimum Gasteiger partial charge on any atom is -0.398 e. The van der Waals surface area contributed by atoms with E-state index in [9.17, 15) is 0 Å². The number of anilines is 2. The molecular formula is C16H19ClN2. The maximum atomic E-state index is 5.97. The Morgan fingerprint density at radius 1 is 1.11 bits per heavy atom. The summed E-state index contributed by atoms with van der Waals surface area (Å²) in [5.74, 6) is 0. The molecule has 0 heterocycles. The van der Waals surface area contributed by atoms with Crippen molar-refractivity contribution < 1.29 is 0 Å². The monoisotopic (exact) mass is 274 g/mol. The van der Waals surface area contributed by atoms with E-state index in [2.05, 4.69) is 44.0 Å². The van der Waals surface area contributed by atoms with Gasteiger partial charge in [-0.05, 0) is 49.2 Å². The molecule has 3 heteroatoms. The van der Waals surface area contributed by atoms with Crippen LogP contribution in [0.15, 0.2) is 42.5 Å². The first-order chi connectivity index (χ1) is 9.00. The Balaban J connectivity index is 2.30. The fourth-order valence-electron chi connectivity index (χ4n) is 2.20. The molecule has 2 aromatic rings. The summed E-state index contributed by atoms with van der Waals surface area (Å²) in [7, 11) is 2.08. The quantitative estimate of drug-likeness (QED) is 0.839. The molecule has 0 spiro atoms. The average Bonchev–Trinajstić information content (AvgIpc) is 2.41. The van der Waals surface area contributed by atoms with Gasteiger partial charge in [0, 0.05) is 23.4 Å². The molecule has 0 aromatic heterocycles. The molecule has 19 heavy (non-hydrogen) atoms. The summed E-state index contributed by atoms with van der Waals surface area (Å²) in [4.78, 5) is 2.23. The van der Waals surface area contributed by atoms with Crippen molar-refractivity contribution in [3.63, 3.8) is 0 Å². The van der Waals surface area contributed by atoms with Crippen LogP contribution in [0.25, 0.3) is 0 Å². The van der Waals surface area contributed by atoms with Crippen LogP contribution in [-0.2, 0) is 0 Å². The van der Waals surface area contributed by atoms with Crippen molar-refractivity contribution in [2.24, 2.45) is 0 Å². The van der Waals surface area contributed by atoms with Gasteiger partial charge in [-0.25, -0.2) is 0 Å². The zero-order chi connectivity index (χ0) is 14.0. The minimum atomic E-state index is 0.262. The van der Waals surface area contributed by atoms with Crippen molar-refractivity contribution in [2.45, 2.75) is 19.9 Å². The molecular weight excluding hydrogens is 256 g/mol. The van der Waals surface area contributed by atoms with Gasteiger partial charge in [0.2, 0.25) is 0 Å². The van der Waals surface area contributed by atoms with Crippen molar-refractivity contribution in [1.82, 2.24) is 0 Å². The molecule has 0 amide bonds. The Bertz CT molecular complexity index is 563. The lowest BCUT2D eigenvalue weighted by Crippen LogP contribution is -2.22. The van der Waals surface area contributed by atoms with E-state index >= 15 is 0 Å². The number of nitrogen functional groups attached to an aromatic ring is 1. The van der Waals surface area contributed by atoms with E-state index in [4.69, 9.17) is 17.3 Å².